The van der Waals surface area contributed by atoms with Crippen LogP contribution in [0.4, 0.5) is 26.5 Å². The van der Waals surface area contributed by atoms with Gasteiger partial charge in [0.15, 0.2) is 9.84 Å². The summed E-state index contributed by atoms with van der Waals surface area (Å²) in [6.45, 7) is 8.66. The number of carbonyl (C=O) groups is 1. The molecule has 34 heavy (non-hydrogen) atoms. The average Bonchev–Trinajstić information content (AvgIpc) is 2.99. The molecule has 2 bridgehead atoms. The summed E-state index contributed by atoms with van der Waals surface area (Å²) in [5, 5.41) is 2.96. The lowest BCUT2D eigenvalue weighted by atomic mass is 10.1. The van der Waals surface area contributed by atoms with E-state index in [0.29, 0.717) is 24.7 Å². The molecule has 0 spiro atoms. The summed E-state index contributed by atoms with van der Waals surface area (Å²) in [5.41, 5.74) is 0.306. The first-order valence-corrected chi connectivity index (χ1v) is 13.1. The molecule has 1 aromatic heterocycles. The van der Waals surface area contributed by atoms with Crippen molar-refractivity contribution in [2.75, 3.05) is 29.6 Å². The Kier molecular flexibility index (Phi) is 6.17. The Morgan fingerprint density at radius 2 is 1.82 bits per heavy atom. The minimum absolute atomic E-state index is 0.0281. The summed E-state index contributed by atoms with van der Waals surface area (Å²) in [4.78, 5) is 25.4. The fraction of sp³-hybridized carbons (Fsp3) is 0.522. The molecule has 3 heterocycles. The van der Waals surface area contributed by atoms with Gasteiger partial charge in [-0.15, -0.1) is 0 Å². The molecular weight excluding hydrogens is 461 g/mol. The van der Waals surface area contributed by atoms with Gasteiger partial charge >= 0.3 is 6.09 Å². The first-order chi connectivity index (χ1) is 15.8. The van der Waals surface area contributed by atoms with Gasteiger partial charge in [-0.1, -0.05) is 0 Å². The van der Waals surface area contributed by atoms with Gasteiger partial charge in [-0.2, -0.15) is 0 Å². The van der Waals surface area contributed by atoms with Crippen LogP contribution in [0.15, 0.2) is 29.4 Å². The highest BCUT2D eigenvalue weighted by Gasteiger charge is 2.44. The number of benzene rings is 1. The van der Waals surface area contributed by atoms with Crippen molar-refractivity contribution in [1.82, 2.24) is 14.9 Å². The smallest absolute Gasteiger partial charge is 0.410 e. The van der Waals surface area contributed by atoms with Crippen LogP contribution in [0.3, 0.4) is 0 Å². The van der Waals surface area contributed by atoms with Crippen molar-refractivity contribution in [2.45, 2.75) is 63.1 Å². The van der Waals surface area contributed by atoms with Crippen LogP contribution in [-0.4, -0.2) is 66.4 Å². The van der Waals surface area contributed by atoms with E-state index in [-0.39, 0.29) is 28.8 Å². The minimum atomic E-state index is -3.51. The van der Waals surface area contributed by atoms with E-state index < -0.39 is 21.3 Å². The number of aromatic nitrogens is 2. The fourth-order valence-corrected chi connectivity index (χ4v) is 5.16. The number of fused-ring (bicyclic) bond motifs is 2. The first kappa shape index (κ1) is 24.2. The normalized spacial score (nSPS) is 20.4. The van der Waals surface area contributed by atoms with Gasteiger partial charge in [-0.05, 0) is 58.7 Å². The van der Waals surface area contributed by atoms with Gasteiger partial charge in [0.25, 0.3) is 0 Å². The lowest BCUT2D eigenvalue weighted by molar-refractivity contribution is 0.0122. The van der Waals surface area contributed by atoms with Crippen LogP contribution in [0.1, 0.15) is 39.2 Å². The van der Waals surface area contributed by atoms with Crippen LogP contribution >= 0.6 is 0 Å². The van der Waals surface area contributed by atoms with Crippen molar-refractivity contribution in [3.8, 4) is 0 Å². The second-order valence-corrected chi connectivity index (χ2v) is 11.9. The second-order valence-electron chi connectivity index (χ2n) is 9.89. The van der Waals surface area contributed by atoms with Crippen molar-refractivity contribution < 1.29 is 22.3 Å². The zero-order chi connectivity index (χ0) is 24.8. The molecule has 0 saturated carbocycles. The van der Waals surface area contributed by atoms with E-state index in [0.717, 1.165) is 30.7 Å². The van der Waals surface area contributed by atoms with Crippen molar-refractivity contribution in [2.24, 2.45) is 0 Å². The molecule has 2 aliphatic heterocycles. The number of amides is 1. The number of halogens is 1. The van der Waals surface area contributed by atoms with E-state index in [1.807, 2.05) is 32.6 Å². The lowest BCUT2D eigenvalue weighted by Crippen LogP contribution is -2.57. The number of piperazine rings is 1. The Morgan fingerprint density at radius 1 is 1.18 bits per heavy atom. The molecule has 2 atom stereocenters. The zero-order valence-electron chi connectivity index (χ0n) is 20.0. The first-order valence-electron chi connectivity index (χ1n) is 11.2. The molecule has 11 heteroatoms. The molecule has 0 aliphatic carbocycles. The van der Waals surface area contributed by atoms with Crippen molar-refractivity contribution >= 4 is 33.3 Å². The van der Waals surface area contributed by atoms with Crippen molar-refractivity contribution in [3.05, 3.63) is 35.9 Å². The van der Waals surface area contributed by atoms with Gasteiger partial charge in [-0.3, -0.25) is 4.90 Å². The molecule has 2 saturated heterocycles. The molecule has 1 amide bonds. The monoisotopic (exact) mass is 491 g/mol. The van der Waals surface area contributed by atoms with Gasteiger partial charge in [-0.25, -0.2) is 27.6 Å². The Hall–Kier alpha value is -2.95. The van der Waals surface area contributed by atoms with Gasteiger partial charge < -0.3 is 15.0 Å². The quantitative estimate of drug-likeness (QED) is 0.691. The van der Waals surface area contributed by atoms with Crippen LogP contribution in [-0.2, 0) is 14.6 Å². The number of nitrogens with zero attached hydrogens (tertiary/aromatic N) is 4. The zero-order valence-corrected chi connectivity index (χ0v) is 20.8. The summed E-state index contributed by atoms with van der Waals surface area (Å²) >= 11 is 0. The fourth-order valence-electron chi connectivity index (χ4n) is 4.53. The van der Waals surface area contributed by atoms with Crippen LogP contribution in [0.5, 0.6) is 0 Å². The van der Waals surface area contributed by atoms with E-state index in [1.165, 1.54) is 18.5 Å². The highest BCUT2D eigenvalue weighted by atomic mass is 32.2. The highest BCUT2D eigenvalue weighted by molar-refractivity contribution is 7.90. The Morgan fingerprint density at radius 3 is 2.38 bits per heavy atom. The summed E-state index contributed by atoms with van der Waals surface area (Å²) in [5.74, 6) is 0.454. The maximum atomic E-state index is 14.6. The van der Waals surface area contributed by atoms with E-state index in [1.54, 1.807) is 0 Å². The Bertz CT molecular complexity index is 1200. The third-order valence-electron chi connectivity index (χ3n) is 6.07. The number of nitrogens with one attached hydrogen (secondary N) is 1. The van der Waals surface area contributed by atoms with Crippen LogP contribution in [0, 0.1) is 12.7 Å². The Labute approximate surface area is 199 Å². The number of sulfone groups is 1. The number of rotatable bonds is 4. The number of anilines is 3. The number of hydrogen-bond acceptors (Lipinski definition) is 8. The predicted octanol–water partition coefficient (Wildman–Crippen LogP) is 3.66. The molecule has 184 valence electrons. The summed E-state index contributed by atoms with van der Waals surface area (Å²) in [6, 6.07) is 3.78. The SMILES string of the molecule is Cc1c(Nc2ccc(S(C)(=O)=O)cc2F)ncnc1N1CC2CCC(C1)N2C(=O)OC(C)(C)C. The molecule has 2 unspecified atom stereocenters. The van der Waals surface area contributed by atoms with Gasteiger partial charge in [0, 0.05) is 24.9 Å². The maximum absolute atomic E-state index is 14.6. The van der Waals surface area contributed by atoms with E-state index in [9.17, 15) is 17.6 Å². The summed E-state index contributed by atoms with van der Waals surface area (Å²) in [6.07, 6.45) is 3.96. The van der Waals surface area contributed by atoms with Crippen LogP contribution in [0.25, 0.3) is 0 Å². The second kappa shape index (κ2) is 8.68. The number of ether oxygens (including phenoxy) is 1. The van der Waals surface area contributed by atoms with E-state index in [2.05, 4.69) is 20.2 Å². The summed E-state index contributed by atoms with van der Waals surface area (Å²) in [7, 11) is -3.51. The van der Waals surface area contributed by atoms with E-state index >= 15 is 0 Å². The van der Waals surface area contributed by atoms with E-state index in [4.69, 9.17) is 4.74 Å². The van der Waals surface area contributed by atoms with Gasteiger partial charge in [0.1, 0.15) is 29.4 Å². The molecule has 0 radical (unpaired) electrons. The van der Waals surface area contributed by atoms with Crippen molar-refractivity contribution in [3.63, 3.8) is 0 Å². The Balaban J connectivity index is 1.53. The minimum Gasteiger partial charge on any atom is -0.444 e. The molecule has 2 aromatic rings. The molecule has 9 nitrogen and oxygen atoms in total. The molecule has 1 N–H and O–H groups in total. The number of hydrogen-bond donors (Lipinski definition) is 1. The maximum Gasteiger partial charge on any atom is 0.410 e. The number of carbonyl (C=O) groups excluding carboxylic acids is 1. The third-order valence-corrected chi connectivity index (χ3v) is 7.18. The lowest BCUT2D eigenvalue weighted by Gasteiger charge is -2.42. The molecule has 2 aliphatic rings. The third kappa shape index (κ3) is 4.94. The highest BCUT2D eigenvalue weighted by Crippen LogP contribution is 2.35. The molecule has 1 aromatic carbocycles. The van der Waals surface area contributed by atoms with Gasteiger partial charge in [0.05, 0.1) is 22.7 Å². The predicted molar refractivity (Wildman–Crippen MR) is 127 cm³/mol. The topological polar surface area (TPSA) is 105 Å². The van der Waals surface area contributed by atoms with Crippen LogP contribution in [0.2, 0.25) is 0 Å². The van der Waals surface area contributed by atoms with Crippen molar-refractivity contribution in [1.29, 1.82) is 0 Å². The largest absolute Gasteiger partial charge is 0.444 e. The average molecular weight is 492 g/mol. The van der Waals surface area contributed by atoms with Gasteiger partial charge in [0.2, 0.25) is 0 Å². The molecule has 2 fully saturated rings. The standard InChI is InChI=1S/C23H30FN5O4S/c1-14-20(27-19-9-8-17(10-18(19)24)34(5,31)32)25-13-26-21(14)28-11-15-6-7-16(12-28)29(15)22(30)33-23(2,3)4/h8-10,13,15-16H,6-7,11-12H2,1-5H3,(H,25,26,27). The molecule has 4 rings (SSSR count). The molecular formula is C23H30FN5O4S. The summed E-state index contributed by atoms with van der Waals surface area (Å²) < 4.78 is 43.5. The van der Waals surface area contributed by atoms with Crippen LogP contribution < -0.4 is 10.2 Å².